The number of amides is 1. The van der Waals surface area contributed by atoms with E-state index in [1.165, 1.54) is 24.3 Å². The summed E-state index contributed by atoms with van der Waals surface area (Å²) in [6.07, 6.45) is 3.35. The number of nitrogens with zero attached hydrogens (tertiary/aromatic N) is 2. The summed E-state index contributed by atoms with van der Waals surface area (Å²) in [5.41, 5.74) is 1.93. The molecule has 0 saturated carbocycles. The van der Waals surface area contributed by atoms with Crippen LogP contribution in [0.25, 0.3) is 0 Å². The Kier molecular flexibility index (Phi) is 6.12. The highest BCUT2D eigenvalue weighted by molar-refractivity contribution is 6.31. The van der Waals surface area contributed by atoms with E-state index in [4.69, 9.17) is 11.6 Å². The molecule has 0 radical (unpaired) electrons. The van der Waals surface area contributed by atoms with Gasteiger partial charge in [-0.05, 0) is 60.2 Å². The maximum atomic E-state index is 13.1. The Balaban J connectivity index is 1.79. The minimum Gasteiger partial charge on any atom is -0.326 e. The lowest BCUT2D eigenvalue weighted by Gasteiger charge is -2.12. The zero-order chi connectivity index (χ0) is 19.1. The molecule has 136 valence electrons. The molecule has 5 nitrogen and oxygen atoms in total. The fraction of sp³-hybridized carbons (Fsp3) is 0.0500. The van der Waals surface area contributed by atoms with Crippen LogP contribution in [0.2, 0.25) is 5.02 Å². The molecule has 0 aliphatic rings. The van der Waals surface area contributed by atoms with Gasteiger partial charge in [-0.3, -0.25) is 15.1 Å². The van der Waals surface area contributed by atoms with Gasteiger partial charge in [0.2, 0.25) is 5.96 Å². The fourth-order valence-corrected chi connectivity index (χ4v) is 2.44. The monoisotopic (exact) mass is 382 g/mol. The van der Waals surface area contributed by atoms with Gasteiger partial charge in [0, 0.05) is 28.7 Å². The second kappa shape index (κ2) is 8.91. The lowest BCUT2D eigenvalue weighted by Crippen LogP contribution is -2.36. The molecular formula is C20H16ClFN4O. The van der Waals surface area contributed by atoms with E-state index in [0.717, 1.165) is 5.56 Å². The van der Waals surface area contributed by atoms with Crippen LogP contribution in [0.5, 0.6) is 0 Å². The van der Waals surface area contributed by atoms with Crippen molar-refractivity contribution in [3.63, 3.8) is 0 Å². The van der Waals surface area contributed by atoms with E-state index in [2.05, 4.69) is 20.6 Å². The van der Waals surface area contributed by atoms with E-state index in [0.29, 0.717) is 22.8 Å². The predicted octanol–water partition coefficient (Wildman–Crippen LogP) is 4.27. The Morgan fingerprint density at radius 2 is 1.81 bits per heavy atom. The number of benzene rings is 2. The highest BCUT2D eigenvalue weighted by Gasteiger charge is 2.10. The smallest absolute Gasteiger partial charge is 0.257 e. The van der Waals surface area contributed by atoms with Crippen LogP contribution in [0.15, 0.2) is 78.0 Å². The molecule has 2 N–H and O–H groups in total. The van der Waals surface area contributed by atoms with Crippen molar-refractivity contribution >= 4 is 29.2 Å². The minimum absolute atomic E-state index is 0.253. The molecular weight excluding hydrogens is 367 g/mol. The molecule has 0 fully saturated rings. The number of hydrogen-bond donors (Lipinski definition) is 2. The number of carbonyl (C=O) groups excluding carboxylic acids is 1. The van der Waals surface area contributed by atoms with E-state index in [1.54, 1.807) is 36.7 Å². The third-order valence-corrected chi connectivity index (χ3v) is 3.83. The van der Waals surface area contributed by atoms with Crippen LogP contribution < -0.4 is 10.6 Å². The van der Waals surface area contributed by atoms with Crippen molar-refractivity contribution in [1.82, 2.24) is 10.3 Å². The molecule has 7 heteroatoms. The number of aliphatic imine (C=N–C) groups is 1. The fourth-order valence-electron chi connectivity index (χ4n) is 2.25. The molecule has 3 rings (SSSR count). The molecule has 27 heavy (non-hydrogen) atoms. The van der Waals surface area contributed by atoms with Gasteiger partial charge in [0.15, 0.2) is 0 Å². The maximum absolute atomic E-state index is 13.1. The van der Waals surface area contributed by atoms with Crippen molar-refractivity contribution in [3.05, 3.63) is 95.0 Å². The number of anilines is 1. The predicted molar refractivity (Wildman–Crippen MR) is 104 cm³/mol. The van der Waals surface area contributed by atoms with Gasteiger partial charge in [-0.1, -0.05) is 17.7 Å². The number of guanidine groups is 1. The van der Waals surface area contributed by atoms with Gasteiger partial charge in [-0.15, -0.1) is 0 Å². The molecule has 0 atom stereocenters. The van der Waals surface area contributed by atoms with Gasteiger partial charge >= 0.3 is 0 Å². The first-order chi connectivity index (χ1) is 13.1. The van der Waals surface area contributed by atoms with Crippen molar-refractivity contribution in [3.8, 4) is 0 Å². The van der Waals surface area contributed by atoms with Crippen molar-refractivity contribution in [2.24, 2.45) is 4.99 Å². The summed E-state index contributed by atoms with van der Waals surface area (Å²) in [5, 5.41) is 6.31. The molecule has 1 aromatic heterocycles. The second-order valence-corrected chi connectivity index (χ2v) is 6.05. The Morgan fingerprint density at radius 1 is 1.07 bits per heavy atom. The van der Waals surface area contributed by atoms with Gasteiger partial charge in [-0.2, -0.15) is 0 Å². The van der Waals surface area contributed by atoms with Gasteiger partial charge in [-0.25, -0.2) is 9.38 Å². The van der Waals surface area contributed by atoms with Gasteiger partial charge in [0.25, 0.3) is 5.91 Å². The first-order valence-corrected chi connectivity index (χ1v) is 8.51. The summed E-state index contributed by atoms with van der Waals surface area (Å²) in [6, 6.07) is 16.0. The SMILES string of the molecule is O=C(NC(=NCc1ccncc1)Nc1cccc(Cl)c1)c1ccc(F)cc1. The quantitative estimate of drug-likeness (QED) is 0.523. The molecule has 0 saturated heterocycles. The van der Waals surface area contributed by atoms with Gasteiger partial charge < -0.3 is 5.32 Å². The zero-order valence-corrected chi connectivity index (χ0v) is 14.9. The van der Waals surface area contributed by atoms with Gasteiger partial charge in [0.05, 0.1) is 6.54 Å². The number of rotatable bonds is 4. The number of aromatic nitrogens is 1. The van der Waals surface area contributed by atoms with Crippen LogP contribution in [0.1, 0.15) is 15.9 Å². The van der Waals surface area contributed by atoms with Crippen molar-refractivity contribution in [1.29, 1.82) is 0 Å². The van der Waals surface area contributed by atoms with E-state index >= 15 is 0 Å². The summed E-state index contributed by atoms with van der Waals surface area (Å²) in [5.74, 6) is -0.559. The molecule has 0 bridgehead atoms. The number of pyridine rings is 1. The lowest BCUT2D eigenvalue weighted by atomic mass is 10.2. The average molecular weight is 383 g/mol. The van der Waals surface area contributed by atoms with E-state index < -0.39 is 11.7 Å². The third-order valence-electron chi connectivity index (χ3n) is 3.59. The standard InChI is InChI=1S/C20H16ClFN4O/c21-16-2-1-3-18(12-16)25-20(24-13-14-8-10-23-11-9-14)26-19(27)15-4-6-17(22)7-5-15/h1-12H,13H2,(H2,24,25,26,27). The van der Waals surface area contributed by atoms with Crippen LogP contribution in [0.3, 0.4) is 0 Å². The van der Waals surface area contributed by atoms with Crippen molar-refractivity contribution < 1.29 is 9.18 Å². The molecule has 0 aliphatic heterocycles. The Labute approximate surface area is 160 Å². The highest BCUT2D eigenvalue weighted by atomic mass is 35.5. The first kappa shape index (κ1) is 18.5. The zero-order valence-electron chi connectivity index (χ0n) is 14.2. The number of carbonyl (C=O) groups is 1. The average Bonchev–Trinajstić information content (AvgIpc) is 2.67. The Bertz CT molecular complexity index is 946. The van der Waals surface area contributed by atoms with Crippen LogP contribution in [-0.4, -0.2) is 16.9 Å². The van der Waals surface area contributed by atoms with Crippen molar-refractivity contribution in [2.75, 3.05) is 5.32 Å². The molecule has 0 unspecified atom stereocenters. The van der Waals surface area contributed by atoms with E-state index in [1.807, 2.05) is 12.1 Å². The summed E-state index contributed by atoms with van der Waals surface area (Å²) in [4.78, 5) is 20.8. The number of halogens is 2. The number of nitrogens with one attached hydrogen (secondary N) is 2. The third kappa shape index (κ3) is 5.62. The Morgan fingerprint density at radius 3 is 2.52 bits per heavy atom. The summed E-state index contributed by atoms with van der Waals surface area (Å²) >= 11 is 6.01. The van der Waals surface area contributed by atoms with Gasteiger partial charge in [0.1, 0.15) is 5.82 Å². The number of hydrogen-bond acceptors (Lipinski definition) is 3. The van der Waals surface area contributed by atoms with Crippen LogP contribution in [0.4, 0.5) is 10.1 Å². The minimum atomic E-state index is -0.407. The summed E-state index contributed by atoms with van der Waals surface area (Å²) < 4.78 is 13.1. The molecule has 0 spiro atoms. The van der Waals surface area contributed by atoms with Crippen LogP contribution >= 0.6 is 11.6 Å². The normalized spacial score (nSPS) is 11.1. The first-order valence-electron chi connectivity index (χ1n) is 8.13. The Hall–Kier alpha value is -3.25. The molecule has 0 aliphatic carbocycles. The highest BCUT2D eigenvalue weighted by Crippen LogP contribution is 2.15. The van der Waals surface area contributed by atoms with Crippen LogP contribution in [-0.2, 0) is 6.54 Å². The second-order valence-electron chi connectivity index (χ2n) is 5.62. The maximum Gasteiger partial charge on any atom is 0.257 e. The van der Waals surface area contributed by atoms with Crippen LogP contribution in [0, 0.1) is 5.82 Å². The molecule has 1 heterocycles. The molecule has 1 amide bonds. The van der Waals surface area contributed by atoms with E-state index in [-0.39, 0.29) is 5.96 Å². The molecule has 3 aromatic rings. The van der Waals surface area contributed by atoms with E-state index in [9.17, 15) is 9.18 Å². The largest absolute Gasteiger partial charge is 0.326 e. The lowest BCUT2D eigenvalue weighted by molar-refractivity contribution is 0.0977. The summed E-state index contributed by atoms with van der Waals surface area (Å²) in [7, 11) is 0. The topological polar surface area (TPSA) is 66.4 Å². The summed E-state index contributed by atoms with van der Waals surface area (Å²) in [6.45, 7) is 0.342. The van der Waals surface area contributed by atoms with Crippen molar-refractivity contribution in [2.45, 2.75) is 6.54 Å². The molecule has 2 aromatic carbocycles.